The maximum Gasteiger partial charge on any atom is 0.119 e. The normalized spacial score (nSPS) is 11.3. The van der Waals surface area contributed by atoms with Crippen molar-refractivity contribution in [3.05, 3.63) is 29.3 Å². The second kappa shape index (κ2) is 8.21. The van der Waals surface area contributed by atoms with Crippen LogP contribution in [0, 0.1) is 6.92 Å². The van der Waals surface area contributed by atoms with Crippen LogP contribution in [0.4, 0.5) is 0 Å². The molecule has 0 aliphatic rings. The highest BCUT2D eigenvalue weighted by Crippen LogP contribution is 2.22. The monoisotopic (exact) mass is 264 g/mol. The Bertz CT molecular complexity index is 372. The first kappa shape index (κ1) is 16.0. The Labute approximate surface area is 118 Å². The lowest BCUT2D eigenvalue weighted by Gasteiger charge is -2.12. The summed E-state index contributed by atoms with van der Waals surface area (Å²) in [6.45, 7) is 13.1. The highest BCUT2D eigenvalue weighted by atomic mass is 16.5. The van der Waals surface area contributed by atoms with Crippen molar-refractivity contribution in [3.63, 3.8) is 0 Å². The van der Waals surface area contributed by atoms with Crippen LogP contribution in [0.1, 0.15) is 57.6 Å². The van der Waals surface area contributed by atoms with Crippen molar-refractivity contribution in [1.82, 2.24) is 0 Å². The largest absolute Gasteiger partial charge is 0.494 e. The molecule has 1 aromatic carbocycles. The van der Waals surface area contributed by atoms with Crippen LogP contribution in [-0.2, 0) is 0 Å². The van der Waals surface area contributed by atoms with Gasteiger partial charge >= 0.3 is 0 Å². The maximum atomic E-state index is 5.87. The van der Waals surface area contributed by atoms with Gasteiger partial charge in [0.05, 0.1) is 19.2 Å². The minimum absolute atomic E-state index is 0.558. The first-order valence-corrected chi connectivity index (χ1v) is 7.56. The first-order valence-electron chi connectivity index (χ1n) is 7.56. The van der Waals surface area contributed by atoms with Gasteiger partial charge in [-0.05, 0) is 62.8 Å². The number of quaternary nitrogens is 1. The number of hydrogen-bond donors (Lipinski definition) is 1. The minimum Gasteiger partial charge on any atom is -0.494 e. The molecule has 0 fully saturated rings. The van der Waals surface area contributed by atoms with E-state index >= 15 is 0 Å². The molecule has 0 spiro atoms. The Hall–Kier alpha value is -1.02. The Kier molecular flexibility index (Phi) is 6.93. The average Bonchev–Trinajstić information content (AvgIpc) is 2.32. The van der Waals surface area contributed by atoms with E-state index in [2.05, 4.69) is 58.1 Å². The lowest BCUT2D eigenvalue weighted by molar-refractivity contribution is -0.683. The van der Waals surface area contributed by atoms with E-state index in [0.717, 1.165) is 18.8 Å². The summed E-state index contributed by atoms with van der Waals surface area (Å²) in [5.41, 5.74) is 2.65. The molecule has 0 aromatic heterocycles. The highest BCUT2D eigenvalue weighted by molar-refractivity contribution is 5.35. The number of aryl methyl sites for hydroxylation is 1. The van der Waals surface area contributed by atoms with Crippen molar-refractivity contribution in [3.8, 4) is 5.75 Å². The number of ether oxygens (including phenoxy) is 1. The van der Waals surface area contributed by atoms with Gasteiger partial charge in [-0.15, -0.1) is 0 Å². The minimum atomic E-state index is 0.558. The van der Waals surface area contributed by atoms with E-state index in [0.29, 0.717) is 12.0 Å². The molecular formula is C17H30NO+. The zero-order valence-corrected chi connectivity index (χ0v) is 13.2. The number of benzene rings is 1. The van der Waals surface area contributed by atoms with E-state index in [9.17, 15) is 0 Å². The Morgan fingerprint density at radius 2 is 1.79 bits per heavy atom. The molecular weight excluding hydrogens is 234 g/mol. The maximum absolute atomic E-state index is 5.87. The van der Waals surface area contributed by atoms with Gasteiger partial charge in [-0.2, -0.15) is 0 Å². The molecule has 19 heavy (non-hydrogen) atoms. The standard InChI is InChI=1S/C17H29NO/c1-13(2)16-10-15(5)11-17(12-16)19-9-7-6-8-18-14(3)4/h10-14,18H,6-9H2,1-5H3/p+1. The fourth-order valence-electron chi connectivity index (χ4n) is 2.08. The average molecular weight is 264 g/mol. The van der Waals surface area contributed by atoms with Crippen LogP contribution in [0.3, 0.4) is 0 Å². The molecule has 0 aliphatic heterocycles. The Balaban J connectivity index is 2.33. The summed E-state index contributed by atoms with van der Waals surface area (Å²) in [5.74, 6) is 1.58. The summed E-state index contributed by atoms with van der Waals surface area (Å²) in [6, 6.07) is 7.25. The lowest BCUT2D eigenvalue weighted by Crippen LogP contribution is -2.88. The topological polar surface area (TPSA) is 25.8 Å². The van der Waals surface area contributed by atoms with E-state index in [1.54, 1.807) is 0 Å². The van der Waals surface area contributed by atoms with Gasteiger partial charge in [0.2, 0.25) is 0 Å². The molecule has 0 amide bonds. The van der Waals surface area contributed by atoms with Crippen LogP contribution >= 0.6 is 0 Å². The molecule has 0 saturated heterocycles. The summed E-state index contributed by atoms with van der Waals surface area (Å²) >= 11 is 0. The number of rotatable bonds is 8. The van der Waals surface area contributed by atoms with Gasteiger partial charge in [0, 0.05) is 0 Å². The van der Waals surface area contributed by atoms with Crippen LogP contribution in [0.25, 0.3) is 0 Å². The number of unbranched alkanes of at least 4 members (excludes halogenated alkanes) is 1. The summed E-state index contributed by atoms with van der Waals surface area (Å²) < 4.78 is 5.87. The third kappa shape index (κ3) is 6.63. The van der Waals surface area contributed by atoms with Crippen molar-refractivity contribution in [1.29, 1.82) is 0 Å². The molecule has 0 aliphatic carbocycles. The van der Waals surface area contributed by atoms with Crippen molar-refractivity contribution in [2.24, 2.45) is 0 Å². The molecule has 2 N–H and O–H groups in total. The van der Waals surface area contributed by atoms with Gasteiger partial charge in [0.1, 0.15) is 5.75 Å². The van der Waals surface area contributed by atoms with Gasteiger partial charge in [0.15, 0.2) is 0 Å². The molecule has 2 nitrogen and oxygen atoms in total. The second-order valence-corrected chi connectivity index (χ2v) is 6.06. The van der Waals surface area contributed by atoms with Crippen molar-refractivity contribution >= 4 is 0 Å². The highest BCUT2D eigenvalue weighted by Gasteiger charge is 2.03. The Morgan fingerprint density at radius 1 is 1.05 bits per heavy atom. The SMILES string of the molecule is Cc1cc(OCCCC[NH2+]C(C)C)cc(C(C)C)c1. The third-order valence-corrected chi connectivity index (χ3v) is 3.25. The third-order valence-electron chi connectivity index (χ3n) is 3.25. The fourth-order valence-corrected chi connectivity index (χ4v) is 2.08. The lowest BCUT2D eigenvalue weighted by atomic mass is 10.0. The predicted molar refractivity (Wildman–Crippen MR) is 81.9 cm³/mol. The predicted octanol–water partition coefficient (Wildman–Crippen LogP) is 3.25. The molecule has 0 saturated carbocycles. The number of nitrogens with two attached hydrogens (primary N) is 1. The van der Waals surface area contributed by atoms with E-state index in [-0.39, 0.29) is 0 Å². The van der Waals surface area contributed by atoms with Crippen LogP contribution in [0.2, 0.25) is 0 Å². The van der Waals surface area contributed by atoms with E-state index in [4.69, 9.17) is 4.74 Å². The van der Waals surface area contributed by atoms with Crippen molar-refractivity contribution in [2.75, 3.05) is 13.2 Å². The van der Waals surface area contributed by atoms with Gasteiger partial charge < -0.3 is 10.1 Å². The molecule has 2 heteroatoms. The zero-order chi connectivity index (χ0) is 14.3. The zero-order valence-electron chi connectivity index (χ0n) is 13.2. The molecule has 0 bridgehead atoms. The fraction of sp³-hybridized carbons (Fsp3) is 0.647. The summed E-state index contributed by atoms with van der Waals surface area (Å²) in [7, 11) is 0. The molecule has 0 unspecified atom stereocenters. The van der Waals surface area contributed by atoms with Gasteiger partial charge in [-0.25, -0.2) is 0 Å². The van der Waals surface area contributed by atoms with E-state index in [1.807, 2.05) is 0 Å². The summed E-state index contributed by atoms with van der Waals surface area (Å²) in [5, 5.41) is 2.38. The van der Waals surface area contributed by atoms with Gasteiger partial charge in [-0.3, -0.25) is 0 Å². The second-order valence-electron chi connectivity index (χ2n) is 6.06. The van der Waals surface area contributed by atoms with Gasteiger partial charge in [-0.1, -0.05) is 19.9 Å². The molecule has 108 valence electrons. The molecule has 0 heterocycles. The van der Waals surface area contributed by atoms with E-state index < -0.39 is 0 Å². The molecule has 0 atom stereocenters. The summed E-state index contributed by atoms with van der Waals surface area (Å²) in [4.78, 5) is 0. The molecule has 1 rings (SSSR count). The van der Waals surface area contributed by atoms with E-state index in [1.165, 1.54) is 24.1 Å². The molecule has 0 radical (unpaired) electrons. The van der Waals surface area contributed by atoms with Crippen LogP contribution in [0.5, 0.6) is 5.75 Å². The summed E-state index contributed by atoms with van der Waals surface area (Å²) in [6.07, 6.45) is 2.36. The van der Waals surface area contributed by atoms with Crippen LogP contribution < -0.4 is 10.1 Å². The smallest absolute Gasteiger partial charge is 0.119 e. The first-order chi connectivity index (χ1) is 8.99. The molecule has 1 aromatic rings. The van der Waals surface area contributed by atoms with Crippen molar-refractivity contribution < 1.29 is 10.1 Å². The number of hydrogen-bond acceptors (Lipinski definition) is 1. The Morgan fingerprint density at radius 3 is 2.42 bits per heavy atom. The quantitative estimate of drug-likeness (QED) is 0.717. The van der Waals surface area contributed by atoms with Crippen LogP contribution in [-0.4, -0.2) is 19.2 Å². The van der Waals surface area contributed by atoms with Crippen LogP contribution in [0.15, 0.2) is 18.2 Å². The van der Waals surface area contributed by atoms with Gasteiger partial charge in [0.25, 0.3) is 0 Å². The van der Waals surface area contributed by atoms with Crippen molar-refractivity contribution in [2.45, 2.75) is 59.4 Å².